The van der Waals surface area contributed by atoms with Gasteiger partial charge in [0.15, 0.2) is 0 Å². The molecular formula is C26H33N5O3. The normalized spacial score (nSPS) is 14.8. The lowest BCUT2D eigenvalue weighted by Gasteiger charge is -2.31. The van der Waals surface area contributed by atoms with Gasteiger partial charge in [0.05, 0.1) is 12.2 Å². The zero-order chi connectivity index (χ0) is 23.9. The number of pyridine rings is 1. The molecule has 34 heavy (non-hydrogen) atoms. The lowest BCUT2D eigenvalue weighted by atomic mass is 10.0. The number of nitrogens with one attached hydrogen (secondary N) is 2. The van der Waals surface area contributed by atoms with Crippen LogP contribution in [0, 0.1) is 6.92 Å². The van der Waals surface area contributed by atoms with Crippen molar-refractivity contribution in [2.45, 2.75) is 45.8 Å². The second kappa shape index (κ2) is 11.2. The number of hydrogen-bond donors (Lipinski definition) is 2. The number of nitrogens with zero attached hydrogens (tertiary/aromatic N) is 3. The Kier molecular flexibility index (Phi) is 7.80. The number of rotatable bonds is 9. The summed E-state index contributed by atoms with van der Waals surface area (Å²) in [5.41, 5.74) is 3.51. The Morgan fingerprint density at radius 1 is 1.15 bits per heavy atom. The van der Waals surface area contributed by atoms with Gasteiger partial charge in [0.2, 0.25) is 5.91 Å². The SMILES string of the molecule is CCCNC(=O)CN1CCC(NC(=O)c2ccc(OCc3cn4cccc(C)c4n3)cc2)CC1. The Balaban J connectivity index is 1.22. The molecule has 2 amide bonds. The first-order valence-corrected chi connectivity index (χ1v) is 12.0. The number of aryl methyl sites for hydroxylation is 1. The molecule has 0 spiro atoms. The van der Waals surface area contributed by atoms with Gasteiger partial charge in [0.25, 0.3) is 5.91 Å². The van der Waals surface area contributed by atoms with Crippen molar-refractivity contribution >= 4 is 17.5 Å². The Bertz CT molecular complexity index is 1120. The molecular weight excluding hydrogens is 430 g/mol. The minimum Gasteiger partial charge on any atom is -0.487 e. The number of likely N-dealkylation sites (tertiary alicyclic amines) is 1. The zero-order valence-corrected chi connectivity index (χ0v) is 19.9. The molecule has 1 saturated heterocycles. The van der Waals surface area contributed by atoms with E-state index in [0.29, 0.717) is 24.5 Å². The van der Waals surface area contributed by atoms with Crippen molar-refractivity contribution in [3.05, 3.63) is 65.6 Å². The van der Waals surface area contributed by atoms with E-state index >= 15 is 0 Å². The fraction of sp³-hybridized carbons (Fsp3) is 0.423. The molecule has 1 aliphatic rings. The van der Waals surface area contributed by atoms with Crippen LogP contribution in [0.1, 0.15) is 47.8 Å². The molecule has 3 heterocycles. The van der Waals surface area contributed by atoms with Gasteiger partial charge in [-0.3, -0.25) is 14.5 Å². The molecule has 4 rings (SSSR count). The number of benzene rings is 1. The molecule has 8 nitrogen and oxygen atoms in total. The molecule has 180 valence electrons. The number of carbonyl (C=O) groups excluding carboxylic acids is 2. The van der Waals surface area contributed by atoms with E-state index in [9.17, 15) is 9.59 Å². The van der Waals surface area contributed by atoms with Gasteiger partial charge >= 0.3 is 0 Å². The number of piperidine rings is 1. The van der Waals surface area contributed by atoms with Crippen LogP contribution in [-0.4, -0.2) is 58.3 Å². The number of imidazole rings is 1. The van der Waals surface area contributed by atoms with Crippen molar-refractivity contribution in [3.8, 4) is 5.75 Å². The highest BCUT2D eigenvalue weighted by Gasteiger charge is 2.22. The lowest BCUT2D eigenvalue weighted by Crippen LogP contribution is -2.47. The summed E-state index contributed by atoms with van der Waals surface area (Å²) in [5.74, 6) is 0.685. The van der Waals surface area contributed by atoms with Crippen LogP contribution >= 0.6 is 0 Å². The fourth-order valence-corrected chi connectivity index (χ4v) is 4.16. The van der Waals surface area contributed by atoms with Gasteiger partial charge in [-0.15, -0.1) is 0 Å². The molecule has 2 N–H and O–H groups in total. The van der Waals surface area contributed by atoms with E-state index in [-0.39, 0.29) is 17.9 Å². The monoisotopic (exact) mass is 463 g/mol. The highest BCUT2D eigenvalue weighted by Crippen LogP contribution is 2.17. The van der Waals surface area contributed by atoms with Gasteiger partial charge in [-0.1, -0.05) is 13.0 Å². The van der Waals surface area contributed by atoms with Crippen LogP contribution in [0.25, 0.3) is 5.65 Å². The summed E-state index contributed by atoms with van der Waals surface area (Å²) in [6, 6.07) is 11.3. The molecule has 1 fully saturated rings. The molecule has 2 aromatic heterocycles. The number of hydrogen-bond acceptors (Lipinski definition) is 5. The minimum absolute atomic E-state index is 0.0722. The van der Waals surface area contributed by atoms with Crippen molar-refractivity contribution in [2.75, 3.05) is 26.2 Å². The predicted octanol–water partition coefficient (Wildman–Crippen LogP) is 2.94. The van der Waals surface area contributed by atoms with Crippen LogP contribution < -0.4 is 15.4 Å². The first kappa shape index (κ1) is 23.8. The lowest BCUT2D eigenvalue weighted by molar-refractivity contribution is -0.122. The molecule has 0 unspecified atom stereocenters. The molecule has 0 aliphatic carbocycles. The standard InChI is InChI=1S/C26H33N5O3/c1-3-12-27-24(32)17-30-14-10-21(11-15-30)29-26(33)20-6-8-23(9-7-20)34-18-22-16-31-13-4-5-19(2)25(31)28-22/h4-9,13,16,21H,3,10-12,14-15,17-18H2,1-2H3,(H,27,32)(H,29,33). The van der Waals surface area contributed by atoms with Gasteiger partial charge in [0.1, 0.15) is 18.0 Å². The van der Waals surface area contributed by atoms with E-state index in [4.69, 9.17) is 4.74 Å². The van der Waals surface area contributed by atoms with Crippen molar-refractivity contribution in [3.63, 3.8) is 0 Å². The highest BCUT2D eigenvalue weighted by molar-refractivity contribution is 5.94. The maximum Gasteiger partial charge on any atom is 0.251 e. The average molecular weight is 464 g/mol. The highest BCUT2D eigenvalue weighted by atomic mass is 16.5. The van der Waals surface area contributed by atoms with E-state index in [2.05, 4.69) is 20.5 Å². The smallest absolute Gasteiger partial charge is 0.251 e. The van der Waals surface area contributed by atoms with Crippen LogP contribution in [0.4, 0.5) is 0 Å². The Hall–Kier alpha value is -3.39. The molecule has 0 bridgehead atoms. The van der Waals surface area contributed by atoms with Crippen molar-refractivity contribution in [1.29, 1.82) is 0 Å². The van der Waals surface area contributed by atoms with Crippen LogP contribution in [-0.2, 0) is 11.4 Å². The summed E-state index contributed by atoms with van der Waals surface area (Å²) in [4.78, 5) is 31.3. The maximum atomic E-state index is 12.7. The topological polar surface area (TPSA) is 88.0 Å². The largest absolute Gasteiger partial charge is 0.487 e. The van der Waals surface area contributed by atoms with Gasteiger partial charge in [-0.25, -0.2) is 4.98 Å². The number of amides is 2. The number of ether oxygens (including phenoxy) is 1. The first-order valence-electron chi connectivity index (χ1n) is 12.0. The summed E-state index contributed by atoms with van der Waals surface area (Å²) >= 11 is 0. The second-order valence-corrected chi connectivity index (χ2v) is 8.84. The van der Waals surface area contributed by atoms with Gasteiger partial charge in [-0.2, -0.15) is 0 Å². The van der Waals surface area contributed by atoms with Crippen LogP contribution in [0.2, 0.25) is 0 Å². The quantitative estimate of drug-likeness (QED) is 0.510. The van der Waals surface area contributed by atoms with Gasteiger partial charge in [-0.05, 0) is 62.1 Å². The molecule has 1 aliphatic heterocycles. The summed E-state index contributed by atoms with van der Waals surface area (Å²) in [7, 11) is 0. The number of fused-ring (bicyclic) bond motifs is 1. The number of carbonyl (C=O) groups is 2. The average Bonchev–Trinajstić information content (AvgIpc) is 3.27. The predicted molar refractivity (Wildman–Crippen MR) is 131 cm³/mol. The van der Waals surface area contributed by atoms with Crippen molar-refractivity contribution < 1.29 is 14.3 Å². The minimum atomic E-state index is -0.0819. The van der Waals surface area contributed by atoms with E-state index < -0.39 is 0 Å². The van der Waals surface area contributed by atoms with Gasteiger partial charge in [0, 0.05) is 43.6 Å². The Morgan fingerprint density at radius 3 is 2.62 bits per heavy atom. The second-order valence-electron chi connectivity index (χ2n) is 8.84. The third kappa shape index (κ3) is 6.14. The summed E-state index contributed by atoms with van der Waals surface area (Å²) in [6.07, 6.45) is 6.56. The maximum absolute atomic E-state index is 12.7. The van der Waals surface area contributed by atoms with E-state index in [1.807, 2.05) is 54.9 Å². The molecule has 8 heteroatoms. The summed E-state index contributed by atoms with van der Waals surface area (Å²) in [6.45, 7) is 7.19. The van der Waals surface area contributed by atoms with E-state index in [1.165, 1.54) is 0 Å². The van der Waals surface area contributed by atoms with E-state index in [1.54, 1.807) is 12.1 Å². The Labute approximate surface area is 200 Å². The third-order valence-corrected chi connectivity index (χ3v) is 6.09. The molecule has 3 aromatic rings. The Morgan fingerprint density at radius 2 is 1.91 bits per heavy atom. The summed E-state index contributed by atoms with van der Waals surface area (Å²) < 4.78 is 7.86. The molecule has 1 aromatic carbocycles. The molecule has 0 saturated carbocycles. The zero-order valence-electron chi connectivity index (χ0n) is 19.9. The third-order valence-electron chi connectivity index (χ3n) is 6.09. The van der Waals surface area contributed by atoms with E-state index in [0.717, 1.165) is 55.8 Å². The van der Waals surface area contributed by atoms with Crippen LogP contribution in [0.15, 0.2) is 48.8 Å². The van der Waals surface area contributed by atoms with Gasteiger partial charge < -0.3 is 19.8 Å². The van der Waals surface area contributed by atoms with Crippen LogP contribution in [0.5, 0.6) is 5.75 Å². The molecule has 0 radical (unpaired) electrons. The molecule has 0 atom stereocenters. The van der Waals surface area contributed by atoms with Crippen LogP contribution in [0.3, 0.4) is 0 Å². The number of aromatic nitrogens is 2. The first-order chi connectivity index (χ1) is 16.5. The fourth-order valence-electron chi connectivity index (χ4n) is 4.16. The van der Waals surface area contributed by atoms with Crippen molar-refractivity contribution in [1.82, 2.24) is 24.9 Å². The summed E-state index contributed by atoms with van der Waals surface area (Å²) in [5, 5.41) is 6.03. The van der Waals surface area contributed by atoms with Crippen molar-refractivity contribution in [2.24, 2.45) is 0 Å².